The number of sulfone groups is 1. The van der Waals surface area contributed by atoms with E-state index in [2.05, 4.69) is 10.3 Å². The largest absolute Gasteiger partial charge is 0.496 e. The first-order valence-corrected chi connectivity index (χ1v) is 13.3. The van der Waals surface area contributed by atoms with Crippen molar-refractivity contribution in [1.29, 1.82) is 0 Å². The zero-order valence-corrected chi connectivity index (χ0v) is 22.8. The molecule has 0 spiro atoms. The number of aromatic nitrogens is 1. The first-order chi connectivity index (χ1) is 18.3. The van der Waals surface area contributed by atoms with Crippen LogP contribution in [0.25, 0.3) is 0 Å². The van der Waals surface area contributed by atoms with Crippen molar-refractivity contribution >= 4 is 21.3 Å². The molecule has 0 atom stereocenters. The number of nitrogens with one attached hydrogen (secondary N) is 1. The molecule has 9 heteroatoms. The van der Waals surface area contributed by atoms with E-state index in [1.54, 1.807) is 58.6 Å². The van der Waals surface area contributed by atoms with E-state index in [1.807, 2.05) is 37.3 Å². The van der Waals surface area contributed by atoms with Crippen molar-refractivity contribution in [3.8, 4) is 23.0 Å². The smallest absolute Gasteiger partial charge is 0.210 e. The molecule has 0 fully saturated rings. The summed E-state index contributed by atoms with van der Waals surface area (Å²) in [5, 5.41) is 3.18. The molecule has 1 heterocycles. The van der Waals surface area contributed by atoms with Gasteiger partial charge in [-0.15, -0.1) is 0 Å². The first kappa shape index (κ1) is 26.8. The highest BCUT2D eigenvalue weighted by molar-refractivity contribution is 7.91. The maximum atomic E-state index is 13.7. The molecule has 0 amide bonds. The molecule has 0 saturated carbocycles. The number of pyridine rings is 1. The van der Waals surface area contributed by atoms with Gasteiger partial charge in [0.05, 0.1) is 26.2 Å². The molecule has 0 bridgehead atoms. The van der Waals surface area contributed by atoms with E-state index in [-0.39, 0.29) is 22.2 Å². The van der Waals surface area contributed by atoms with Gasteiger partial charge in [0.1, 0.15) is 28.8 Å². The Morgan fingerprint density at radius 3 is 2.13 bits per heavy atom. The number of ether oxygens (including phenoxy) is 4. The second kappa shape index (κ2) is 11.4. The van der Waals surface area contributed by atoms with Crippen LogP contribution in [-0.4, -0.2) is 34.7 Å². The van der Waals surface area contributed by atoms with Gasteiger partial charge in [-0.1, -0.05) is 18.2 Å². The van der Waals surface area contributed by atoms with Gasteiger partial charge in [0.15, 0.2) is 11.5 Å². The molecule has 4 rings (SSSR count). The van der Waals surface area contributed by atoms with Crippen LogP contribution in [0.5, 0.6) is 23.0 Å². The van der Waals surface area contributed by atoms with Crippen LogP contribution in [0, 0.1) is 13.8 Å². The van der Waals surface area contributed by atoms with Gasteiger partial charge in [-0.05, 0) is 67.9 Å². The highest BCUT2D eigenvalue weighted by atomic mass is 32.2. The van der Waals surface area contributed by atoms with Crippen LogP contribution in [0.4, 0.5) is 11.5 Å². The molecular weight excluding hydrogens is 504 g/mol. The fourth-order valence-electron chi connectivity index (χ4n) is 3.92. The Balaban J connectivity index is 1.61. The van der Waals surface area contributed by atoms with E-state index in [0.717, 1.165) is 16.9 Å². The Labute approximate surface area is 223 Å². The second-order valence-corrected chi connectivity index (χ2v) is 10.4. The van der Waals surface area contributed by atoms with Crippen LogP contribution in [-0.2, 0) is 16.4 Å². The molecule has 0 aliphatic rings. The predicted octanol–water partition coefficient (Wildman–Crippen LogP) is 5.88. The summed E-state index contributed by atoms with van der Waals surface area (Å²) in [7, 11) is 0.811. The van der Waals surface area contributed by atoms with Gasteiger partial charge in [0.2, 0.25) is 9.84 Å². The Morgan fingerprint density at radius 2 is 1.45 bits per heavy atom. The van der Waals surface area contributed by atoms with E-state index in [9.17, 15) is 8.42 Å². The van der Waals surface area contributed by atoms with Crippen molar-refractivity contribution in [3.63, 3.8) is 0 Å². The highest BCUT2D eigenvalue weighted by Gasteiger charge is 2.24. The Bertz CT molecular complexity index is 1540. The summed E-state index contributed by atoms with van der Waals surface area (Å²) >= 11 is 0. The number of rotatable bonds is 10. The van der Waals surface area contributed by atoms with Gasteiger partial charge in [0.25, 0.3) is 0 Å². The third-order valence-corrected chi connectivity index (χ3v) is 7.79. The van der Waals surface area contributed by atoms with Crippen LogP contribution in [0.15, 0.2) is 82.6 Å². The third-order valence-electron chi connectivity index (χ3n) is 5.99. The van der Waals surface area contributed by atoms with Crippen LogP contribution in [0.1, 0.15) is 16.8 Å². The predicted molar refractivity (Wildman–Crippen MR) is 146 cm³/mol. The highest BCUT2D eigenvalue weighted by Crippen LogP contribution is 2.36. The minimum absolute atomic E-state index is 0.0555. The molecule has 0 unspecified atom stereocenters. The van der Waals surface area contributed by atoms with E-state index in [4.69, 9.17) is 18.9 Å². The lowest BCUT2D eigenvalue weighted by atomic mass is 10.1. The maximum absolute atomic E-state index is 13.7. The van der Waals surface area contributed by atoms with Crippen molar-refractivity contribution in [2.24, 2.45) is 0 Å². The van der Waals surface area contributed by atoms with E-state index >= 15 is 0 Å². The quantitative estimate of drug-likeness (QED) is 0.270. The van der Waals surface area contributed by atoms with Gasteiger partial charge in [-0.25, -0.2) is 13.4 Å². The average Bonchev–Trinajstić information content (AvgIpc) is 2.93. The zero-order chi connectivity index (χ0) is 27.3. The summed E-state index contributed by atoms with van der Waals surface area (Å²) in [5.74, 6) is 2.58. The summed E-state index contributed by atoms with van der Waals surface area (Å²) < 4.78 is 49.3. The van der Waals surface area contributed by atoms with Crippen molar-refractivity contribution in [3.05, 3.63) is 89.6 Å². The van der Waals surface area contributed by atoms with Crippen molar-refractivity contribution in [2.75, 3.05) is 26.6 Å². The molecule has 198 valence electrons. The van der Waals surface area contributed by atoms with Crippen LogP contribution < -0.4 is 24.3 Å². The fraction of sp³-hybridized carbons (Fsp3) is 0.207. The third kappa shape index (κ3) is 5.68. The molecule has 0 radical (unpaired) electrons. The summed E-state index contributed by atoms with van der Waals surface area (Å²) in [6, 6.07) is 20.7. The Kier molecular flexibility index (Phi) is 8.07. The molecule has 0 saturated heterocycles. The summed E-state index contributed by atoms with van der Waals surface area (Å²) in [6.45, 7) is 3.98. The normalized spacial score (nSPS) is 11.1. The fourth-order valence-corrected chi connectivity index (χ4v) is 5.27. The SMILES string of the molecule is COc1ccccc1COc1ccc(S(=O)(=O)c2ccc(C)nc2Nc2cc(OC)c(OC)cc2C)cc1. The van der Waals surface area contributed by atoms with Gasteiger partial charge in [0, 0.05) is 23.0 Å². The standard InChI is InChI=1S/C29H30N2O6S/c1-19-16-26(35-4)27(36-5)17-24(19)31-29-28(15-10-20(2)30-29)38(32,33)23-13-11-22(12-14-23)37-18-21-8-6-7-9-25(21)34-3/h6-17H,18H2,1-5H3,(H,30,31). The second-order valence-electron chi connectivity index (χ2n) is 8.52. The number of para-hydroxylation sites is 1. The number of aryl methyl sites for hydroxylation is 2. The van der Waals surface area contributed by atoms with Crippen LogP contribution >= 0.6 is 0 Å². The lowest BCUT2D eigenvalue weighted by Gasteiger charge is -2.17. The van der Waals surface area contributed by atoms with Crippen LogP contribution in [0.2, 0.25) is 0 Å². The topological polar surface area (TPSA) is 96.0 Å². The molecule has 4 aromatic rings. The molecule has 1 N–H and O–H groups in total. The van der Waals surface area contributed by atoms with Gasteiger partial charge in [-0.3, -0.25) is 0 Å². The van der Waals surface area contributed by atoms with Crippen LogP contribution in [0.3, 0.4) is 0 Å². The molecule has 1 aromatic heterocycles. The zero-order valence-electron chi connectivity index (χ0n) is 21.9. The lowest BCUT2D eigenvalue weighted by molar-refractivity contribution is 0.296. The number of methoxy groups -OCH3 is 3. The summed E-state index contributed by atoms with van der Waals surface area (Å²) in [4.78, 5) is 4.68. The number of anilines is 2. The van der Waals surface area contributed by atoms with Gasteiger partial charge >= 0.3 is 0 Å². The van der Waals surface area contributed by atoms with E-state index in [0.29, 0.717) is 28.6 Å². The first-order valence-electron chi connectivity index (χ1n) is 11.8. The monoisotopic (exact) mass is 534 g/mol. The van der Waals surface area contributed by atoms with Crippen molar-refractivity contribution < 1.29 is 27.4 Å². The van der Waals surface area contributed by atoms with E-state index in [1.165, 1.54) is 12.1 Å². The number of nitrogens with zero attached hydrogens (tertiary/aromatic N) is 1. The molecule has 3 aromatic carbocycles. The number of hydrogen-bond donors (Lipinski definition) is 1. The number of benzene rings is 3. The van der Waals surface area contributed by atoms with Crippen molar-refractivity contribution in [2.45, 2.75) is 30.2 Å². The Morgan fingerprint density at radius 1 is 0.789 bits per heavy atom. The molecule has 0 aliphatic carbocycles. The minimum Gasteiger partial charge on any atom is -0.496 e. The number of hydrogen-bond acceptors (Lipinski definition) is 8. The molecule has 0 aliphatic heterocycles. The Hall–Kier alpha value is -4.24. The van der Waals surface area contributed by atoms with E-state index < -0.39 is 9.84 Å². The molecular formula is C29H30N2O6S. The lowest BCUT2D eigenvalue weighted by Crippen LogP contribution is -2.09. The summed E-state index contributed by atoms with van der Waals surface area (Å²) in [6.07, 6.45) is 0. The van der Waals surface area contributed by atoms with Gasteiger partial charge in [-0.2, -0.15) is 0 Å². The summed E-state index contributed by atoms with van der Waals surface area (Å²) in [5.41, 5.74) is 3.05. The maximum Gasteiger partial charge on any atom is 0.210 e. The van der Waals surface area contributed by atoms with Crippen molar-refractivity contribution in [1.82, 2.24) is 4.98 Å². The average molecular weight is 535 g/mol. The minimum atomic E-state index is -3.90. The van der Waals surface area contributed by atoms with Gasteiger partial charge < -0.3 is 24.3 Å². The molecule has 8 nitrogen and oxygen atoms in total. The molecule has 38 heavy (non-hydrogen) atoms.